The SMILES string of the molecule is OB(O)c1ccc(-c2nc(-c3ccccc3)nc(-c3ccccc3)n2)nc1. The minimum atomic E-state index is -1.57. The number of pyridine rings is 1. The van der Waals surface area contributed by atoms with Crippen molar-refractivity contribution in [3.63, 3.8) is 0 Å². The maximum Gasteiger partial charge on any atom is 0.490 e. The zero-order chi connectivity index (χ0) is 18.6. The van der Waals surface area contributed by atoms with E-state index in [1.807, 2.05) is 60.7 Å². The lowest BCUT2D eigenvalue weighted by Gasteiger charge is -2.08. The lowest BCUT2D eigenvalue weighted by Crippen LogP contribution is -2.29. The van der Waals surface area contributed by atoms with Crippen LogP contribution >= 0.6 is 0 Å². The van der Waals surface area contributed by atoms with Crippen LogP contribution in [0.3, 0.4) is 0 Å². The van der Waals surface area contributed by atoms with Gasteiger partial charge < -0.3 is 10.0 Å². The summed E-state index contributed by atoms with van der Waals surface area (Å²) in [4.78, 5) is 18.0. The first kappa shape index (κ1) is 17.0. The predicted octanol–water partition coefficient (Wildman–Crippen LogP) is 1.95. The summed E-state index contributed by atoms with van der Waals surface area (Å²) in [7, 11) is -1.57. The molecular formula is C20H15BN4O2. The Hall–Kier alpha value is -3.42. The molecule has 0 fully saturated rings. The second-order valence-corrected chi connectivity index (χ2v) is 5.89. The molecule has 0 atom stereocenters. The third kappa shape index (κ3) is 3.74. The lowest BCUT2D eigenvalue weighted by atomic mass is 9.82. The van der Waals surface area contributed by atoms with Crippen LogP contribution in [0.1, 0.15) is 0 Å². The van der Waals surface area contributed by atoms with Crippen LogP contribution in [0.15, 0.2) is 79.0 Å². The molecule has 130 valence electrons. The van der Waals surface area contributed by atoms with Gasteiger partial charge in [0, 0.05) is 22.8 Å². The Labute approximate surface area is 156 Å². The molecule has 0 amide bonds. The standard InChI is InChI=1S/C20H15BN4O2/c26-21(27)16-11-12-17(22-13-16)20-24-18(14-7-3-1-4-8-14)23-19(25-20)15-9-5-2-6-10-15/h1-13,26-27H. The van der Waals surface area contributed by atoms with Crippen molar-refractivity contribution >= 4 is 12.6 Å². The molecule has 0 bridgehead atoms. The first-order valence-electron chi connectivity index (χ1n) is 8.40. The molecule has 27 heavy (non-hydrogen) atoms. The molecule has 0 aliphatic heterocycles. The summed E-state index contributed by atoms with van der Waals surface area (Å²) in [5, 5.41) is 18.5. The van der Waals surface area contributed by atoms with Crippen LogP contribution in [-0.2, 0) is 0 Å². The summed E-state index contributed by atoms with van der Waals surface area (Å²) in [6.45, 7) is 0. The van der Waals surface area contributed by atoms with E-state index >= 15 is 0 Å². The van der Waals surface area contributed by atoms with E-state index in [0.717, 1.165) is 11.1 Å². The van der Waals surface area contributed by atoms with Crippen molar-refractivity contribution in [2.75, 3.05) is 0 Å². The van der Waals surface area contributed by atoms with Gasteiger partial charge in [-0.15, -0.1) is 0 Å². The Morgan fingerprint density at radius 3 is 1.56 bits per heavy atom. The fourth-order valence-corrected chi connectivity index (χ4v) is 2.61. The lowest BCUT2D eigenvalue weighted by molar-refractivity contribution is 0.425. The molecule has 2 N–H and O–H groups in total. The second kappa shape index (κ2) is 7.45. The average Bonchev–Trinajstić information content (AvgIpc) is 2.75. The van der Waals surface area contributed by atoms with Crippen molar-refractivity contribution < 1.29 is 10.0 Å². The molecule has 2 heterocycles. The highest BCUT2D eigenvalue weighted by Crippen LogP contribution is 2.23. The highest BCUT2D eigenvalue weighted by atomic mass is 16.4. The molecule has 0 radical (unpaired) electrons. The summed E-state index contributed by atoms with van der Waals surface area (Å²) in [5.74, 6) is 1.52. The minimum absolute atomic E-state index is 0.305. The molecule has 7 heteroatoms. The van der Waals surface area contributed by atoms with Gasteiger partial charge in [-0.05, 0) is 6.07 Å². The number of hydrogen-bond donors (Lipinski definition) is 2. The predicted molar refractivity (Wildman–Crippen MR) is 104 cm³/mol. The molecule has 6 nitrogen and oxygen atoms in total. The average molecular weight is 354 g/mol. The van der Waals surface area contributed by atoms with Gasteiger partial charge in [-0.2, -0.15) is 0 Å². The summed E-state index contributed by atoms with van der Waals surface area (Å²) >= 11 is 0. The van der Waals surface area contributed by atoms with E-state index in [0.29, 0.717) is 28.6 Å². The molecule has 0 spiro atoms. The molecule has 0 aliphatic carbocycles. The minimum Gasteiger partial charge on any atom is -0.423 e. The van der Waals surface area contributed by atoms with Crippen molar-refractivity contribution in [3.8, 4) is 34.3 Å². The first-order chi connectivity index (χ1) is 13.2. The molecule has 0 unspecified atom stereocenters. The highest BCUT2D eigenvalue weighted by molar-refractivity contribution is 6.58. The molecule has 0 aliphatic rings. The van der Waals surface area contributed by atoms with Crippen molar-refractivity contribution in [2.24, 2.45) is 0 Å². The fraction of sp³-hybridized carbons (Fsp3) is 0. The maximum atomic E-state index is 9.25. The Bertz CT molecular complexity index is 985. The number of hydrogen-bond acceptors (Lipinski definition) is 6. The second-order valence-electron chi connectivity index (χ2n) is 5.89. The van der Waals surface area contributed by atoms with E-state index in [-0.39, 0.29) is 0 Å². The smallest absolute Gasteiger partial charge is 0.423 e. The van der Waals surface area contributed by atoms with Crippen LogP contribution in [0.4, 0.5) is 0 Å². The summed E-state index contributed by atoms with van der Waals surface area (Å²) in [5.41, 5.74) is 2.58. The van der Waals surface area contributed by atoms with Crippen LogP contribution in [0.5, 0.6) is 0 Å². The number of rotatable bonds is 4. The fourth-order valence-electron chi connectivity index (χ4n) is 2.61. The van der Waals surface area contributed by atoms with Gasteiger partial charge in [0.05, 0.1) is 0 Å². The zero-order valence-electron chi connectivity index (χ0n) is 14.3. The third-order valence-electron chi connectivity index (χ3n) is 4.01. The van der Waals surface area contributed by atoms with Gasteiger partial charge in [0.1, 0.15) is 5.69 Å². The number of nitrogens with zero attached hydrogens (tertiary/aromatic N) is 4. The van der Waals surface area contributed by atoms with Crippen molar-refractivity contribution in [1.29, 1.82) is 0 Å². The van der Waals surface area contributed by atoms with Crippen molar-refractivity contribution in [2.45, 2.75) is 0 Å². The molecule has 2 aromatic heterocycles. The Kier molecular flexibility index (Phi) is 4.70. The molecule has 4 rings (SSSR count). The molecule has 0 saturated carbocycles. The van der Waals surface area contributed by atoms with Crippen molar-refractivity contribution in [1.82, 2.24) is 19.9 Å². The van der Waals surface area contributed by atoms with Gasteiger partial charge in [0.15, 0.2) is 17.5 Å². The van der Waals surface area contributed by atoms with Crippen LogP contribution in [-0.4, -0.2) is 37.1 Å². The van der Waals surface area contributed by atoms with Crippen LogP contribution in [0, 0.1) is 0 Å². The number of benzene rings is 2. The zero-order valence-corrected chi connectivity index (χ0v) is 14.3. The summed E-state index contributed by atoms with van der Waals surface area (Å²) < 4.78 is 0. The normalized spacial score (nSPS) is 10.6. The topological polar surface area (TPSA) is 92.0 Å². The van der Waals surface area contributed by atoms with Crippen LogP contribution < -0.4 is 5.46 Å². The van der Waals surface area contributed by atoms with Gasteiger partial charge in [0.2, 0.25) is 0 Å². The van der Waals surface area contributed by atoms with E-state index in [4.69, 9.17) is 0 Å². The van der Waals surface area contributed by atoms with E-state index in [1.165, 1.54) is 6.20 Å². The first-order valence-corrected chi connectivity index (χ1v) is 8.40. The maximum absolute atomic E-state index is 9.25. The van der Waals surface area contributed by atoms with E-state index < -0.39 is 7.12 Å². The molecule has 4 aromatic rings. The Morgan fingerprint density at radius 2 is 1.11 bits per heavy atom. The van der Waals surface area contributed by atoms with E-state index in [1.54, 1.807) is 12.1 Å². The highest BCUT2D eigenvalue weighted by Gasteiger charge is 2.15. The number of aromatic nitrogens is 4. The molecular weight excluding hydrogens is 339 g/mol. The van der Waals surface area contributed by atoms with Gasteiger partial charge in [-0.25, -0.2) is 15.0 Å². The molecule has 2 aromatic carbocycles. The van der Waals surface area contributed by atoms with Gasteiger partial charge in [0.25, 0.3) is 0 Å². The van der Waals surface area contributed by atoms with Gasteiger partial charge in [-0.3, -0.25) is 4.98 Å². The Balaban J connectivity index is 1.85. The molecule has 0 saturated heterocycles. The Morgan fingerprint density at radius 1 is 0.593 bits per heavy atom. The quantitative estimate of drug-likeness (QED) is 0.544. The largest absolute Gasteiger partial charge is 0.490 e. The van der Waals surface area contributed by atoms with Crippen LogP contribution in [0.2, 0.25) is 0 Å². The summed E-state index contributed by atoms with van der Waals surface area (Å²) in [6, 6.07) is 22.6. The van der Waals surface area contributed by atoms with Crippen molar-refractivity contribution in [3.05, 3.63) is 79.0 Å². The third-order valence-corrected chi connectivity index (χ3v) is 4.01. The van der Waals surface area contributed by atoms with E-state index in [2.05, 4.69) is 19.9 Å². The monoisotopic (exact) mass is 354 g/mol. The summed E-state index contributed by atoms with van der Waals surface area (Å²) in [6.07, 6.45) is 1.40. The van der Waals surface area contributed by atoms with Crippen LogP contribution in [0.25, 0.3) is 34.3 Å². The van der Waals surface area contributed by atoms with E-state index in [9.17, 15) is 10.0 Å². The van der Waals surface area contributed by atoms with Gasteiger partial charge in [-0.1, -0.05) is 66.7 Å². The van der Waals surface area contributed by atoms with Gasteiger partial charge >= 0.3 is 7.12 Å².